The summed E-state index contributed by atoms with van der Waals surface area (Å²) in [5, 5.41) is 4.37. The fourth-order valence-corrected chi connectivity index (χ4v) is 3.91. The molecule has 0 bridgehead atoms. The Balaban J connectivity index is 1.47. The number of hydrogen-bond acceptors (Lipinski definition) is 3. The van der Waals surface area contributed by atoms with E-state index in [9.17, 15) is 4.79 Å². The number of para-hydroxylation sites is 1. The third-order valence-corrected chi connectivity index (χ3v) is 5.42. The van der Waals surface area contributed by atoms with Crippen molar-refractivity contribution in [1.82, 2.24) is 24.2 Å². The van der Waals surface area contributed by atoms with Gasteiger partial charge in [-0.05, 0) is 31.4 Å². The lowest BCUT2D eigenvalue weighted by Gasteiger charge is -2.32. The van der Waals surface area contributed by atoms with Gasteiger partial charge in [0.2, 0.25) is 0 Å². The van der Waals surface area contributed by atoms with Crippen LogP contribution in [0.4, 0.5) is 0 Å². The molecule has 0 unspecified atom stereocenters. The molecule has 1 aliphatic rings. The number of piperidine rings is 1. The molecule has 0 N–H and O–H groups in total. The van der Waals surface area contributed by atoms with Gasteiger partial charge >= 0.3 is 0 Å². The Bertz CT molecular complexity index is 914. The minimum absolute atomic E-state index is 0.0542. The highest BCUT2D eigenvalue weighted by atomic mass is 16.2. The predicted octanol–water partition coefficient (Wildman–Crippen LogP) is 3.89. The van der Waals surface area contributed by atoms with Gasteiger partial charge in [0.05, 0.1) is 17.4 Å². The van der Waals surface area contributed by atoms with E-state index in [2.05, 4.69) is 27.8 Å². The number of carbonyl (C=O) groups is 1. The number of nitrogens with zero attached hydrogens (tertiary/aromatic N) is 5. The van der Waals surface area contributed by atoms with Crippen molar-refractivity contribution in [3.8, 4) is 5.69 Å². The highest BCUT2D eigenvalue weighted by Gasteiger charge is 2.28. The number of likely N-dealkylation sites (tertiary alicyclic amines) is 1. The van der Waals surface area contributed by atoms with Crippen molar-refractivity contribution < 1.29 is 4.79 Å². The van der Waals surface area contributed by atoms with Crippen LogP contribution < -0.4 is 0 Å². The highest BCUT2D eigenvalue weighted by Crippen LogP contribution is 2.27. The Morgan fingerprint density at radius 1 is 1.25 bits per heavy atom. The third-order valence-electron chi connectivity index (χ3n) is 5.42. The SMILES string of the molecule is CCCCn1ccnc1[C@@H]1CCCN(C(=O)c2cnn(-c3ccccc3)c2)C1. The minimum Gasteiger partial charge on any atom is -0.338 e. The fraction of sp³-hybridized carbons (Fsp3) is 0.409. The van der Waals surface area contributed by atoms with Crippen LogP contribution in [-0.4, -0.2) is 43.2 Å². The molecule has 4 rings (SSSR count). The van der Waals surface area contributed by atoms with Gasteiger partial charge in [0.1, 0.15) is 5.82 Å². The van der Waals surface area contributed by atoms with Crippen molar-refractivity contribution in [2.75, 3.05) is 13.1 Å². The first-order valence-corrected chi connectivity index (χ1v) is 10.2. The number of aromatic nitrogens is 4. The average molecular weight is 377 g/mol. The zero-order valence-corrected chi connectivity index (χ0v) is 16.4. The topological polar surface area (TPSA) is 56.0 Å². The molecular formula is C22H27N5O. The normalized spacial score (nSPS) is 17.0. The number of unbranched alkanes of at least 4 members (excludes halogenated alkanes) is 1. The van der Waals surface area contributed by atoms with E-state index in [1.54, 1.807) is 10.9 Å². The van der Waals surface area contributed by atoms with Crippen molar-refractivity contribution in [3.63, 3.8) is 0 Å². The summed E-state index contributed by atoms with van der Waals surface area (Å²) in [5.41, 5.74) is 1.59. The van der Waals surface area contributed by atoms with Crippen molar-refractivity contribution in [2.45, 2.75) is 45.1 Å². The summed E-state index contributed by atoms with van der Waals surface area (Å²) in [7, 11) is 0. The van der Waals surface area contributed by atoms with Crippen LogP contribution in [0.15, 0.2) is 55.1 Å². The smallest absolute Gasteiger partial charge is 0.257 e. The molecule has 1 fully saturated rings. The molecule has 2 aromatic heterocycles. The van der Waals surface area contributed by atoms with E-state index in [4.69, 9.17) is 0 Å². The maximum absolute atomic E-state index is 13.1. The number of aryl methyl sites for hydroxylation is 1. The maximum atomic E-state index is 13.1. The van der Waals surface area contributed by atoms with Gasteiger partial charge in [0.25, 0.3) is 5.91 Å². The van der Waals surface area contributed by atoms with E-state index in [1.165, 1.54) is 0 Å². The summed E-state index contributed by atoms with van der Waals surface area (Å²) in [5.74, 6) is 1.47. The lowest BCUT2D eigenvalue weighted by molar-refractivity contribution is 0.0703. The van der Waals surface area contributed by atoms with Gasteiger partial charge in [0.15, 0.2) is 0 Å². The molecule has 3 aromatic rings. The Kier molecular flexibility index (Phi) is 5.55. The molecule has 1 amide bonds. The molecule has 3 heterocycles. The number of imidazole rings is 1. The van der Waals surface area contributed by atoms with Gasteiger partial charge in [-0.3, -0.25) is 4.79 Å². The van der Waals surface area contributed by atoms with E-state index in [1.807, 2.05) is 47.6 Å². The molecule has 1 saturated heterocycles. The van der Waals surface area contributed by atoms with E-state index < -0.39 is 0 Å². The van der Waals surface area contributed by atoms with E-state index in [-0.39, 0.29) is 5.91 Å². The molecule has 0 saturated carbocycles. The molecule has 28 heavy (non-hydrogen) atoms. The van der Waals surface area contributed by atoms with Gasteiger partial charge in [-0.15, -0.1) is 0 Å². The molecular weight excluding hydrogens is 350 g/mol. The number of amides is 1. The van der Waals surface area contributed by atoms with Crippen LogP contribution >= 0.6 is 0 Å². The van der Waals surface area contributed by atoms with Crippen LogP contribution in [-0.2, 0) is 6.54 Å². The van der Waals surface area contributed by atoms with E-state index in [0.717, 1.165) is 56.8 Å². The van der Waals surface area contributed by atoms with Gasteiger partial charge in [-0.2, -0.15) is 5.10 Å². The van der Waals surface area contributed by atoms with Gasteiger partial charge in [-0.25, -0.2) is 9.67 Å². The van der Waals surface area contributed by atoms with E-state index in [0.29, 0.717) is 11.5 Å². The summed E-state index contributed by atoms with van der Waals surface area (Å²) < 4.78 is 4.02. The molecule has 0 radical (unpaired) electrons. The summed E-state index contributed by atoms with van der Waals surface area (Å²) in [6.07, 6.45) is 11.8. The molecule has 6 nitrogen and oxygen atoms in total. The van der Waals surface area contributed by atoms with Gasteiger partial charge in [0, 0.05) is 44.1 Å². The van der Waals surface area contributed by atoms with Crippen LogP contribution in [0.1, 0.15) is 54.7 Å². The molecule has 6 heteroatoms. The van der Waals surface area contributed by atoms with Crippen LogP contribution in [0, 0.1) is 0 Å². The molecule has 0 aliphatic carbocycles. The first kappa shape index (κ1) is 18.5. The molecule has 1 atom stereocenters. The minimum atomic E-state index is 0.0542. The first-order chi connectivity index (χ1) is 13.8. The average Bonchev–Trinajstić information content (AvgIpc) is 3.42. The van der Waals surface area contributed by atoms with Crippen LogP contribution in [0.3, 0.4) is 0 Å². The second kappa shape index (κ2) is 8.42. The summed E-state index contributed by atoms with van der Waals surface area (Å²) in [4.78, 5) is 19.6. The molecule has 0 spiro atoms. The maximum Gasteiger partial charge on any atom is 0.257 e. The summed E-state index contributed by atoms with van der Waals surface area (Å²) in [6.45, 7) is 4.72. The molecule has 1 aliphatic heterocycles. The Morgan fingerprint density at radius 2 is 2.11 bits per heavy atom. The fourth-order valence-electron chi connectivity index (χ4n) is 3.91. The standard InChI is InChI=1S/C22H27N5O/c1-2-3-12-25-14-11-23-21(25)18-8-7-13-26(16-18)22(28)19-15-24-27(17-19)20-9-5-4-6-10-20/h4-6,9-11,14-15,17-18H,2-3,7-8,12-13,16H2,1H3/t18-/m1/s1. The number of rotatable bonds is 6. The van der Waals surface area contributed by atoms with Crippen molar-refractivity contribution in [2.24, 2.45) is 0 Å². The van der Waals surface area contributed by atoms with Crippen LogP contribution in [0.25, 0.3) is 5.69 Å². The van der Waals surface area contributed by atoms with E-state index >= 15 is 0 Å². The lowest BCUT2D eigenvalue weighted by atomic mass is 9.96. The lowest BCUT2D eigenvalue weighted by Crippen LogP contribution is -2.39. The Hall–Kier alpha value is -2.89. The predicted molar refractivity (Wildman–Crippen MR) is 109 cm³/mol. The number of benzene rings is 1. The van der Waals surface area contributed by atoms with Gasteiger partial charge < -0.3 is 9.47 Å². The van der Waals surface area contributed by atoms with Crippen molar-refractivity contribution in [3.05, 3.63) is 66.5 Å². The Labute approximate surface area is 165 Å². The van der Waals surface area contributed by atoms with Crippen molar-refractivity contribution in [1.29, 1.82) is 0 Å². The second-order valence-corrected chi connectivity index (χ2v) is 7.43. The first-order valence-electron chi connectivity index (χ1n) is 10.2. The zero-order valence-electron chi connectivity index (χ0n) is 16.4. The zero-order chi connectivity index (χ0) is 19.3. The highest BCUT2D eigenvalue weighted by molar-refractivity contribution is 5.94. The molecule has 1 aromatic carbocycles. The van der Waals surface area contributed by atoms with Gasteiger partial charge in [-0.1, -0.05) is 31.5 Å². The Morgan fingerprint density at radius 3 is 2.93 bits per heavy atom. The quantitative estimate of drug-likeness (QED) is 0.655. The molecule has 146 valence electrons. The number of carbonyl (C=O) groups excluding carboxylic acids is 1. The van der Waals surface area contributed by atoms with Crippen molar-refractivity contribution >= 4 is 5.91 Å². The third kappa shape index (κ3) is 3.86. The second-order valence-electron chi connectivity index (χ2n) is 7.43. The summed E-state index contributed by atoms with van der Waals surface area (Å²) >= 11 is 0. The monoisotopic (exact) mass is 377 g/mol. The van der Waals surface area contributed by atoms with Crippen LogP contribution in [0.5, 0.6) is 0 Å². The largest absolute Gasteiger partial charge is 0.338 e. The summed E-state index contributed by atoms with van der Waals surface area (Å²) in [6, 6.07) is 9.86. The number of hydrogen-bond donors (Lipinski definition) is 0. The van der Waals surface area contributed by atoms with Crippen LogP contribution in [0.2, 0.25) is 0 Å².